The van der Waals surface area contributed by atoms with E-state index in [9.17, 15) is 18.3 Å². The standard InChI is InChI=1S/C19H24F3O5P.C5H5N.CH3.Ni/c1-16(2)24-10-9-11-14(27-17(3,4)25-11)15(13(10)26-16)28-12-7-5-6-8-18(12,23)19(20,21)22;1-2-4-6-5-3-1;;/h9,12,23,28H,5-8H2,1-4H3;1-5H;1H3;/q;;-1;. The van der Waals surface area contributed by atoms with Gasteiger partial charge in [-0.25, -0.2) is 0 Å². The van der Waals surface area contributed by atoms with Gasteiger partial charge in [-0.2, -0.15) is 13.2 Å². The summed E-state index contributed by atoms with van der Waals surface area (Å²) in [7, 11) is -0.365. The Morgan fingerprint density at radius 2 is 1.44 bits per heavy atom. The van der Waals surface area contributed by atoms with Gasteiger partial charge >= 0.3 is 6.18 Å². The number of hydrogen-bond donors (Lipinski definition) is 1. The van der Waals surface area contributed by atoms with E-state index in [-0.39, 0.29) is 45.3 Å². The summed E-state index contributed by atoms with van der Waals surface area (Å²) in [5, 5.41) is 11.1. The Morgan fingerprint density at radius 3 is 1.86 bits per heavy atom. The molecule has 1 saturated carbocycles. The first kappa shape index (κ1) is 30.5. The average molecular weight is 573 g/mol. The summed E-state index contributed by atoms with van der Waals surface area (Å²) in [5.41, 5.74) is -3.69. The zero-order chi connectivity index (χ0) is 24.8. The van der Waals surface area contributed by atoms with Crippen LogP contribution in [-0.2, 0) is 16.5 Å². The molecular weight excluding hydrogens is 541 g/mol. The maximum atomic E-state index is 13.7. The van der Waals surface area contributed by atoms with Crippen LogP contribution < -0.4 is 24.3 Å². The first-order valence-corrected chi connectivity index (χ1v) is 12.3. The van der Waals surface area contributed by atoms with E-state index in [4.69, 9.17) is 18.9 Å². The molecule has 5 rings (SSSR count). The molecule has 0 bridgehead atoms. The second-order valence-electron chi connectivity index (χ2n) is 9.50. The Balaban J connectivity index is 0.000000503. The third-order valence-electron chi connectivity index (χ3n) is 5.82. The molecular formula is C25H32F3NNiO5P-. The van der Waals surface area contributed by atoms with Crippen molar-refractivity contribution in [3.05, 3.63) is 44.1 Å². The molecule has 0 spiro atoms. The number of alkyl halides is 3. The molecule has 204 valence electrons. The Morgan fingerprint density at radius 1 is 0.917 bits per heavy atom. The predicted molar refractivity (Wildman–Crippen MR) is 129 cm³/mol. The maximum absolute atomic E-state index is 13.7. The number of rotatable bonds is 2. The van der Waals surface area contributed by atoms with E-state index < -0.39 is 29.0 Å². The van der Waals surface area contributed by atoms with E-state index in [0.717, 1.165) is 0 Å². The van der Waals surface area contributed by atoms with E-state index in [1.807, 2.05) is 18.2 Å². The van der Waals surface area contributed by atoms with Crippen molar-refractivity contribution < 1.29 is 53.7 Å². The van der Waals surface area contributed by atoms with Crippen LogP contribution in [0.15, 0.2) is 36.7 Å². The van der Waals surface area contributed by atoms with Crippen molar-refractivity contribution in [2.24, 2.45) is 0 Å². The third kappa shape index (κ3) is 6.20. The number of fused-ring (bicyclic) bond motifs is 2. The van der Waals surface area contributed by atoms with Gasteiger partial charge < -0.3 is 31.5 Å². The first-order chi connectivity index (χ1) is 15.8. The minimum Gasteiger partial charge on any atom is -0.449 e. The molecule has 11 heteroatoms. The van der Waals surface area contributed by atoms with E-state index >= 15 is 0 Å². The van der Waals surface area contributed by atoms with E-state index in [1.165, 1.54) is 0 Å². The van der Waals surface area contributed by atoms with Crippen LogP contribution in [-0.4, -0.2) is 39.1 Å². The zero-order valence-electron chi connectivity index (χ0n) is 20.8. The van der Waals surface area contributed by atoms with Crippen LogP contribution >= 0.6 is 8.58 Å². The van der Waals surface area contributed by atoms with Crippen molar-refractivity contribution in [3.63, 3.8) is 0 Å². The largest absolute Gasteiger partial charge is 0.449 e. The van der Waals surface area contributed by atoms with E-state index in [2.05, 4.69) is 4.98 Å². The molecule has 3 unspecified atom stereocenters. The first-order valence-electron chi connectivity index (χ1n) is 11.2. The SMILES string of the molecule is CC1(C)Oc2cc3c(c(PC4CCCCC4(O)C(F)(F)F)c2O1)OC(C)(C)O3.[CH3-].[Ni].c1ccncc1. The van der Waals surface area contributed by atoms with Gasteiger partial charge in [0.2, 0.25) is 11.6 Å². The van der Waals surface area contributed by atoms with Gasteiger partial charge in [0.05, 0.1) is 5.30 Å². The molecule has 36 heavy (non-hydrogen) atoms. The fourth-order valence-corrected chi connectivity index (χ4v) is 6.18. The van der Waals surface area contributed by atoms with Crippen LogP contribution in [0.5, 0.6) is 23.0 Å². The van der Waals surface area contributed by atoms with Gasteiger partial charge in [-0.05, 0) is 25.0 Å². The monoisotopic (exact) mass is 572 g/mol. The molecule has 0 radical (unpaired) electrons. The molecule has 6 nitrogen and oxygen atoms in total. The normalized spacial score (nSPS) is 24.8. The zero-order valence-corrected chi connectivity index (χ0v) is 22.8. The number of aliphatic hydroxyl groups is 1. The van der Waals surface area contributed by atoms with Crippen molar-refractivity contribution in [1.82, 2.24) is 4.98 Å². The van der Waals surface area contributed by atoms with Gasteiger partial charge in [0.15, 0.2) is 28.6 Å². The van der Waals surface area contributed by atoms with Gasteiger partial charge in [0, 0.05) is 68.3 Å². The van der Waals surface area contributed by atoms with Crippen molar-refractivity contribution >= 4 is 13.9 Å². The average Bonchev–Trinajstić information content (AvgIpc) is 3.23. The Bertz CT molecular complexity index is 970. The molecule has 3 atom stereocenters. The number of aromatic nitrogens is 1. The van der Waals surface area contributed by atoms with Crippen molar-refractivity contribution in [3.8, 4) is 23.0 Å². The summed E-state index contributed by atoms with van der Waals surface area (Å²) in [6.07, 6.45) is -0.224. The smallest absolute Gasteiger partial charge is 0.417 e. The predicted octanol–water partition coefficient (Wildman–Crippen LogP) is 5.77. The quantitative estimate of drug-likeness (QED) is 0.280. The minimum atomic E-state index is -4.69. The fraction of sp³-hybridized carbons (Fsp3) is 0.520. The van der Waals surface area contributed by atoms with Crippen LogP contribution in [0.3, 0.4) is 0 Å². The Labute approximate surface area is 222 Å². The fourth-order valence-electron chi connectivity index (χ4n) is 4.32. The van der Waals surface area contributed by atoms with Gasteiger partial charge in [0.1, 0.15) is 0 Å². The molecule has 1 aliphatic carbocycles. The van der Waals surface area contributed by atoms with Crippen LogP contribution in [0.1, 0.15) is 53.4 Å². The molecule has 3 aliphatic rings. The number of benzene rings is 1. The summed E-state index contributed by atoms with van der Waals surface area (Å²) in [6, 6.07) is 7.37. The van der Waals surface area contributed by atoms with Crippen molar-refractivity contribution in [2.75, 3.05) is 0 Å². The van der Waals surface area contributed by atoms with Crippen LogP contribution in [0.4, 0.5) is 13.2 Å². The summed E-state index contributed by atoms with van der Waals surface area (Å²) in [6.45, 7) is 6.90. The molecule has 1 fully saturated rings. The van der Waals surface area contributed by atoms with Crippen molar-refractivity contribution in [1.29, 1.82) is 0 Å². The van der Waals surface area contributed by atoms with Crippen LogP contribution in [0, 0.1) is 7.43 Å². The van der Waals surface area contributed by atoms with E-state index in [1.54, 1.807) is 46.2 Å². The minimum absolute atomic E-state index is 0. The van der Waals surface area contributed by atoms with Gasteiger partial charge in [-0.1, -0.05) is 27.5 Å². The number of ether oxygens (including phenoxy) is 4. The molecule has 3 heterocycles. The van der Waals surface area contributed by atoms with Gasteiger partial charge in [0.25, 0.3) is 0 Å². The summed E-state index contributed by atoms with van der Waals surface area (Å²) in [4.78, 5) is 3.78. The molecule has 2 aromatic rings. The molecule has 0 amide bonds. The molecule has 1 aromatic carbocycles. The van der Waals surface area contributed by atoms with Crippen LogP contribution in [0.2, 0.25) is 0 Å². The number of pyridine rings is 1. The van der Waals surface area contributed by atoms with Crippen molar-refractivity contribution in [2.45, 2.75) is 82.4 Å². The van der Waals surface area contributed by atoms with Gasteiger partial charge in [-0.15, -0.1) is 0 Å². The topological polar surface area (TPSA) is 70.0 Å². The second-order valence-corrected chi connectivity index (χ2v) is 11.0. The summed E-state index contributed by atoms with van der Waals surface area (Å²) in [5.74, 6) is -0.312. The molecule has 0 saturated heterocycles. The Kier molecular flexibility index (Phi) is 9.25. The Hall–Kier alpha value is -1.76. The molecule has 2 aliphatic heterocycles. The van der Waals surface area contributed by atoms with Crippen LogP contribution in [0.25, 0.3) is 0 Å². The molecule has 1 aromatic heterocycles. The second kappa shape index (κ2) is 10.9. The maximum Gasteiger partial charge on any atom is 0.417 e. The number of halogens is 3. The van der Waals surface area contributed by atoms with Gasteiger partial charge in [-0.3, -0.25) is 4.98 Å². The summed E-state index contributed by atoms with van der Waals surface area (Å²) < 4.78 is 64.5. The third-order valence-corrected chi connectivity index (χ3v) is 7.68. The van der Waals surface area contributed by atoms with E-state index in [0.29, 0.717) is 41.1 Å². The number of hydrogen-bond acceptors (Lipinski definition) is 6. The summed E-state index contributed by atoms with van der Waals surface area (Å²) >= 11 is 0. The number of nitrogens with zero attached hydrogens (tertiary/aromatic N) is 1. The molecule has 1 N–H and O–H groups in total.